The van der Waals surface area contributed by atoms with E-state index < -0.39 is 6.04 Å². The van der Waals surface area contributed by atoms with Crippen molar-refractivity contribution in [2.75, 3.05) is 13.7 Å². The van der Waals surface area contributed by atoms with E-state index in [1.54, 1.807) is 24.3 Å². The predicted molar refractivity (Wildman–Crippen MR) is 88.5 cm³/mol. The number of nitrogens with zero attached hydrogens (tertiary/aromatic N) is 1. The monoisotopic (exact) mass is 322 g/mol. The molecule has 5 nitrogen and oxygen atoms in total. The van der Waals surface area contributed by atoms with Gasteiger partial charge in [-0.3, -0.25) is 5.32 Å². The Labute approximate surface area is 140 Å². The molecule has 1 aliphatic heterocycles. The smallest absolute Gasteiger partial charge is 0.327 e. The van der Waals surface area contributed by atoms with E-state index in [0.29, 0.717) is 17.7 Å². The van der Waals surface area contributed by atoms with Crippen molar-refractivity contribution < 1.29 is 14.3 Å². The number of hydrogen-bond acceptors (Lipinski definition) is 5. The number of methoxy groups -OCH3 is 1. The van der Waals surface area contributed by atoms with Gasteiger partial charge in [-0.1, -0.05) is 30.3 Å². The van der Waals surface area contributed by atoms with Crippen molar-refractivity contribution in [3.8, 4) is 11.8 Å². The highest BCUT2D eigenvalue weighted by molar-refractivity contribution is 5.77. The molecule has 0 saturated carbocycles. The fourth-order valence-corrected chi connectivity index (χ4v) is 2.86. The van der Waals surface area contributed by atoms with E-state index in [-0.39, 0.29) is 12.1 Å². The molecule has 0 fully saturated rings. The van der Waals surface area contributed by atoms with E-state index in [1.807, 2.05) is 24.3 Å². The van der Waals surface area contributed by atoms with Crippen LogP contribution in [0.25, 0.3) is 0 Å². The lowest BCUT2D eigenvalue weighted by molar-refractivity contribution is -0.143. The molecule has 5 heteroatoms. The molecule has 0 saturated heterocycles. The maximum absolute atomic E-state index is 12.1. The van der Waals surface area contributed by atoms with E-state index in [9.17, 15) is 4.79 Å². The third-order valence-corrected chi connectivity index (χ3v) is 4.05. The lowest BCUT2D eigenvalue weighted by Gasteiger charge is -2.19. The van der Waals surface area contributed by atoms with Gasteiger partial charge < -0.3 is 9.47 Å². The molecule has 122 valence electrons. The van der Waals surface area contributed by atoms with Gasteiger partial charge in [-0.05, 0) is 29.3 Å². The summed E-state index contributed by atoms with van der Waals surface area (Å²) in [6, 6.07) is 16.3. The number of hydrogen-bond donors (Lipinski definition) is 1. The Morgan fingerprint density at radius 1 is 1.38 bits per heavy atom. The van der Waals surface area contributed by atoms with Gasteiger partial charge in [0.15, 0.2) is 0 Å². The quantitative estimate of drug-likeness (QED) is 0.856. The number of rotatable bonds is 5. The van der Waals surface area contributed by atoms with E-state index in [0.717, 1.165) is 12.2 Å². The summed E-state index contributed by atoms with van der Waals surface area (Å²) in [6.07, 6.45) is 0.767. The number of benzene rings is 2. The first-order chi connectivity index (χ1) is 11.7. The highest BCUT2D eigenvalue weighted by atomic mass is 16.5. The minimum absolute atomic E-state index is 0.0336. The summed E-state index contributed by atoms with van der Waals surface area (Å²) in [5, 5.41) is 12.2. The first kappa shape index (κ1) is 16.0. The average molecular weight is 322 g/mol. The van der Waals surface area contributed by atoms with Gasteiger partial charge >= 0.3 is 5.97 Å². The van der Waals surface area contributed by atoms with E-state index in [4.69, 9.17) is 14.7 Å². The first-order valence-corrected chi connectivity index (χ1v) is 7.77. The van der Waals surface area contributed by atoms with Crippen molar-refractivity contribution in [2.24, 2.45) is 0 Å². The molecule has 0 unspecified atom stereocenters. The normalized spacial score (nSPS) is 16.6. The number of carbonyl (C=O) groups is 1. The van der Waals surface area contributed by atoms with Crippen molar-refractivity contribution >= 4 is 5.97 Å². The molecule has 0 spiro atoms. The Hall–Kier alpha value is -2.84. The summed E-state index contributed by atoms with van der Waals surface area (Å²) in [6.45, 7) is 0.505. The summed E-state index contributed by atoms with van der Waals surface area (Å²) in [7, 11) is 1.35. The minimum atomic E-state index is -0.629. The Morgan fingerprint density at radius 2 is 2.21 bits per heavy atom. The number of nitriles is 1. The predicted octanol–water partition coefficient (Wildman–Crippen LogP) is 2.37. The Kier molecular flexibility index (Phi) is 4.78. The van der Waals surface area contributed by atoms with E-state index in [2.05, 4.69) is 11.4 Å². The van der Waals surface area contributed by atoms with Crippen molar-refractivity contribution in [2.45, 2.75) is 18.6 Å². The zero-order chi connectivity index (χ0) is 16.9. The average Bonchev–Trinajstić information content (AvgIpc) is 3.04. The van der Waals surface area contributed by atoms with Crippen LogP contribution >= 0.6 is 0 Å². The van der Waals surface area contributed by atoms with Crippen LogP contribution in [-0.4, -0.2) is 25.7 Å². The largest absolute Gasteiger partial charge is 0.488 e. The second kappa shape index (κ2) is 7.16. The summed E-state index contributed by atoms with van der Waals surface area (Å²) in [5.41, 5.74) is 2.38. The van der Waals surface area contributed by atoms with Gasteiger partial charge in [-0.15, -0.1) is 0 Å². The maximum atomic E-state index is 12.1. The molecule has 3 rings (SSSR count). The van der Waals surface area contributed by atoms with Crippen LogP contribution in [0.2, 0.25) is 0 Å². The van der Waals surface area contributed by atoms with Crippen LogP contribution in [0.4, 0.5) is 0 Å². The molecule has 1 heterocycles. The van der Waals surface area contributed by atoms with E-state index in [1.165, 1.54) is 12.7 Å². The molecule has 0 bridgehead atoms. The fraction of sp³-hybridized carbons (Fsp3) is 0.263. The maximum Gasteiger partial charge on any atom is 0.327 e. The molecule has 1 N–H and O–H groups in total. The molecule has 2 atom stereocenters. The molecule has 0 aliphatic carbocycles. The fourth-order valence-electron chi connectivity index (χ4n) is 2.86. The highest BCUT2D eigenvalue weighted by Crippen LogP contribution is 2.28. The Balaban J connectivity index is 1.70. The van der Waals surface area contributed by atoms with Crippen molar-refractivity contribution in [3.05, 3.63) is 65.2 Å². The van der Waals surface area contributed by atoms with Crippen LogP contribution < -0.4 is 10.1 Å². The summed E-state index contributed by atoms with van der Waals surface area (Å²) in [4.78, 5) is 12.1. The third kappa shape index (κ3) is 3.39. The lowest BCUT2D eigenvalue weighted by Crippen LogP contribution is -2.37. The third-order valence-electron chi connectivity index (χ3n) is 4.05. The molecule has 1 aliphatic rings. The molecular weight excluding hydrogens is 304 g/mol. The lowest BCUT2D eigenvalue weighted by atomic mass is 10.0. The summed E-state index contributed by atoms with van der Waals surface area (Å²) < 4.78 is 10.8. The van der Waals surface area contributed by atoms with Gasteiger partial charge in [0, 0.05) is 13.0 Å². The first-order valence-electron chi connectivity index (χ1n) is 7.77. The molecule has 0 aromatic heterocycles. The van der Waals surface area contributed by atoms with Crippen molar-refractivity contribution in [3.63, 3.8) is 0 Å². The SMILES string of the molecule is COC(=O)[C@@H](NC[C@@H]1Cc2ccccc2O1)c1cccc(C#N)c1. The van der Waals surface area contributed by atoms with Gasteiger partial charge in [-0.25, -0.2) is 4.79 Å². The number of nitrogens with one attached hydrogen (secondary N) is 1. The number of ether oxygens (including phenoxy) is 2. The number of carbonyl (C=O) groups excluding carboxylic acids is 1. The van der Waals surface area contributed by atoms with Gasteiger partial charge in [-0.2, -0.15) is 5.26 Å². The van der Waals surface area contributed by atoms with Crippen LogP contribution in [0, 0.1) is 11.3 Å². The molecule has 2 aromatic rings. The number of fused-ring (bicyclic) bond motifs is 1. The molecule has 0 radical (unpaired) electrons. The highest BCUT2D eigenvalue weighted by Gasteiger charge is 2.26. The zero-order valence-electron chi connectivity index (χ0n) is 13.4. The van der Waals surface area contributed by atoms with E-state index >= 15 is 0 Å². The number of para-hydroxylation sites is 1. The van der Waals surface area contributed by atoms with Crippen LogP contribution in [-0.2, 0) is 16.0 Å². The topological polar surface area (TPSA) is 71.3 Å². The molecule has 0 amide bonds. The van der Waals surface area contributed by atoms with Gasteiger partial charge in [0.2, 0.25) is 0 Å². The summed E-state index contributed by atoms with van der Waals surface area (Å²) in [5.74, 6) is 0.506. The van der Waals surface area contributed by atoms with Crippen molar-refractivity contribution in [1.82, 2.24) is 5.32 Å². The van der Waals surface area contributed by atoms with Crippen LogP contribution in [0.1, 0.15) is 22.7 Å². The Bertz CT molecular complexity index is 757. The van der Waals surface area contributed by atoms with Gasteiger partial charge in [0.1, 0.15) is 17.9 Å². The zero-order valence-corrected chi connectivity index (χ0v) is 13.4. The second-order valence-electron chi connectivity index (χ2n) is 5.65. The molecule has 24 heavy (non-hydrogen) atoms. The second-order valence-corrected chi connectivity index (χ2v) is 5.65. The van der Waals surface area contributed by atoms with Crippen LogP contribution in [0.15, 0.2) is 48.5 Å². The van der Waals surface area contributed by atoms with Gasteiger partial charge in [0.25, 0.3) is 0 Å². The molecule has 2 aromatic carbocycles. The minimum Gasteiger partial charge on any atom is -0.488 e. The van der Waals surface area contributed by atoms with Crippen LogP contribution in [0.3, 0.4) is 0 Å². The number of esters is 1. The Morgan fingerprint density at radius 3 is 2.96 bits per heavy atom. The molecular formula is C19H18N2O3. The van der Waals surface area contributed by atoms with Crippen molar-refractivity contribution in [1.29, 1.82) is 5.26 Å². The standard InChI is InChI=1S/C19H18N2O3/c1-23-19(22)18(15-7-4-5-13(9-15)11-20)21-12-16-10-14-6-2-3-8-17(14)24-16/h2-9,16,18,21H,10,12H2,1H3/t16-,18-/m0/s1. The van der Waals surface area contributed by atoms with Crippen LogP contribution in [0.5, 0.6) is 5.75 Å². The summed E-state index contributed by atoms with van der Waals surface area (Å²) >= 11 is 0. The van der Waals surface area contributed by atoms with Gasteiger partial charge in [0.05, 0.1) is 18.7 Å².